The highest BCUT2D eigenvalue weighted by molar-refractivity contribution is 7.38. The molecule has 5 heteroatoms. The molecule has 0 aliphatic heterocycles. The summed E-state index contributed by atoms with van der Waals surface area (Å²) >= 11 is 0. The van der Waals surface area contributed by atoms with Crippen LogP contribution in [0, 0.1) is 0 Å². The lowest BCUT2D eigenvalue weighted by Gasteiger charge is -2.25. The van der Waals surface area contributed by atoms with Gasteiger partial charge >= 0.3 is 8.60 Å². The molecule has 0 spiro atoms. The van der Waals surface area contributed by atoms with Crippen molar-refractivity contribution in [2.24, 2.45) is 0 Å². The molecule has 0 bridgehead atoms. The summed E-state index contributed by atoms with van der Waals surface area (Å²) in [6.45, 7) is 0. The summed E-state index contributed by atoms with van der Waals surface area (Å²) in [7, 11) is -2.62. The minimum Gasteiger partial charge on any atom is -0.328 e. The molecular formula is C18H18NO3P. The van der Waals surface area contributed by atoms with Gasteiger partial charge in [0.15, 0.2) is 0 Å². The van der Waals surface area contributed by atoms with Gasteiger partial charge in [0.05, 0.1) is 0 Å². The summed E-state index contributed by atoms with van der Waals surface area (Å²) < 4.78 is 0. The molecule has 0 atom stereocenters. The van der Waals surface area contributed by atoms with E-state index < -0.39 is 8.60 Å². The Morgan fingerprint density at radius 1 is 0.478 bits per heavy atom. The largest absolute Gasteiger partial charge is 0.328 e. The molecule has 0 amide bonds. The Morgan fingerprint density at radius 3 is 0.913 bits per heavy atom. The second-order valence-corrected chi connectivity index (χ2v) is 5.15. The van der Waals surface area contributed by atoms with E-state index in [2.05, 4.69) is 77.7 Å². The van der Waals surface area contributed by atoms with Crippen molar-refractivity contribution >= 4 is 25.7 Å². The van der Waals surface area contributed by atoms with Crippen molar-refractivity contribution in [1.82, 2.24) is 0 Å². The fourth-order valence-corrected chi connectivity index (χ4v) is 2.18. The third-order valence-corrected chi connectivity index (χ3v) is 3.04. The van der Waals surface area contributed by atoms with Crippen LogP contribution in [-0.4, -0.2) is 14.7 Å². The van der Waals surface area contributed by atoms with Crippen LogP contribution >= 0.6 is 8.60 Å². The van der Waals surface area contributed by atoms with Crippen LogP contribution < -0.4 is 4.90 Å². The summed E-state index contributed by atoms with van der Waals surface area (Å²) in [5.41, 5.74) is 3.50. The third kappa shape index (κ3) is 5.47. The zero-order valence-electron chi connectivity index (χ0n) is 12.4. The number of anilines is 3. The van der Waals surface area contributed by atoms with E-state index in [4.69, 9.17) is 14.7 Å². The Hall–Kier alpha value is -2.23. The Morgan fingerprint density at radius 2 is 0.696 bits per heavy atom. The third-order valence-electron chi connectivity index (χ3n) is 3.04. The highest BCUT2D eigenvalue weighted by Gasteiger charge is 2.10. The number of hydrogen-bond donors (Lipinski definition) is 3. The number of hydrogen-bond acceptors (Lipinski definition) is 4. The number of rotatable bonds is 3. The van der Waals surface area contributed by atoms with Crippen LogP contribution in [0.15, 0.2) is 91.0 Å². The molecule has 3 N–H and O–H groups in total. The quantitative estimate of drug-likeness (QED) is 0.626. The Kier molecular flexibility index (Phi) is 6.73. The predicted molar refractivity (Wildman–Crippen MR) is 94.7 cm³/mol. The Bertz CT molecular complexity index is 582. The van der Waals surface area contributed by atoms with Crippen LogP contribution in [0.2, 0.25) is 0 Å². The monoisotopic (exact) mass is 327 g/mol. The first-order chi connectivity index (χ1) is 11.2. The van der Waals surface area contributed by atoms with Crippen molar-refractivity contribution in [2.45, 2.75) is 0 Å². The van der Waals surface area contributed by atoms with Gasteiger partial charge in [-0.1, -0.05) is 54.6 Å². The Balaban J connectivity index is 0.000000433. The molecule has 0 heterocycles. The van der Waals surface area contributed by atoms with Gasteiger partial charge in [-0.2, -0.15) is 0 Å². The second kappa shape index (κ2) is 9.03. The molecule has 0 aromatic heterocycles. The first-order valence-electron chi connectivity index (χ1n) is 7.00. The van der Waals surface area contributed by atoms with Crippen molar-refractivity contribution in [3.05, 3.63) is 91.0 Å². The fourth-order valence-electron chi connectivity index (χ4n) is 2.18. The van der Waals surface area contributed by atoms with Gasteiger partial charge in [-0.3, -0.25) is 0 Å². The van der Waals surface area contributed by atoms with E-state index in [9.17, 15) is 0 Å². The van der Waals surface area contributed by atoms with E-state index in [1.165, 1.54) is 17.1 Å². The van der Waals surface area contributed by atoms with Gasteiger partial charge in [-0.05, 0) is 36.4 Å². The maximum atomic E-state index is 7.23. The van der Waals surface area contributed by atoms with Crippen LogP contribution in [0.4, 0.5) is 17.1 Å². The molecule has 0 saturated heterocycles. The molecule has 0 unspecified atom stereocenters. The zero-order valence-corrected chi connectivity index (χ0v) is 13.3. The minimum atomic E-state index is -2.62. The molecule has 0 saturated carbocycles. The van der Waals surface area contributed by atoms with Crippen LogP contribution in [0.3, 0.4) is 0 Å². The maximum absolute atomic E-state index is 7.23. The lowest BCUT2D eigenvalue weighted by Crippen LogP contribution is -2.09. The number of para-hydroxylation sites is 3. The van der Waals surface area contributed by atoms with E-state index in [0.717, 1.165) is 0 Å². The van der Waals surface area contributed by atoms with Gasteiger partial charge < -0.3 is 19.6 Å². The topological polar surface area (TPSA) is 63.9 Å². The van der Waals surface area contributed by atoms with Crippen molar-refractivity contribution in [2.75, 3.05) is 4.90 Å². The van der Waals surface area contributed by atoms with Gasteiger partial charge in [0.1, 0.15) is 0 Å². The van der Waals surface area contributed by atoms with E-state index in [1.807, 2.05) is 18.2 Å². The van der Waals surface area contributed by atoms with Crippen LogP contribution in [0.25, 0.3) is 0 Å². The smallest absolute Gasteiger partial charge is 0.324 e. The first kappa shape index (κ1) is 17.1. The second-order valence-electron chi connectivity index (χ2n) is 4.61. The first-order valence-corrected chi connectivity index (χ1v) is 8.20. The summed E-state index contributed by atoms with van der Waals surface area (Å²) in [6.07, 6.45) is 0. The van der Waals surface area contributed by atoms with Crippen molar-refractivity contribution in [3.8, 4) is 0 Å². The van der Waals surface area contributed by atoms with Gasteiger partial charge in [0.2, 0.25) is 0 Å². The van der Waals surface area contributed by atoms with Crippen LogP contribution in [0.1, 0.15) is 0 Å². The minimum absolute atomic E-state index is 1.17. The molecule has 3 rings (SSSR count). The molecular weight excluding hydrogens is 309 g/mol. The molecule has 3 aromatic rings. The molecule has 3 aromatic carbocycles. The highest BCUT2D eigenvalue weighted by Crippen LogP contribution is 2.33. The summed E-state index contributed by atoms with van der Waals surface area (Å²) in [5, 5.41) is 0. The molecule has 0 radical (unpaired) electrons. The Labute approximate surface area is 136 Å². The van der Waals surface area contributed by atoms with Gasteiger partial charge in [-0.15, -0.1) is 0 Å². The van der Waals surface area contributed by atoms with Gasteiger partial charge in [0, 0.05) is 17.1 Å². The molecule has 118 valence electrons. The zero-order chi connectivity index (χ0) is 16.5. The SMILES string of the molecule is OP(O)O.c1ccc(N(c2ccccc2)c2ccccc2)cc1. The van der Waals surface area contributed by atoms with E-state index >= 15 is 0 Å². The number of benzene rings is 3. The molecule has 0 aliphatic carbocycles. The lowest BCUT2D eigenvalue weighted by molar-refractivity contribution is 0.368. The molecule has 23 heavy (non-hydrogen) atoms. The summed E-state index contributed by atoms with van der Waals surface area (Å²) in [4.78, 5) is 23.9. The van der Waals surface area contributed by atoms with Gasteiger partial charge in [0.25, 0.3) is 0 Å². The standard InChI is InChI=1S/C18H15N.H3O3P/c1-4-10-16(11-5-1)19(17-12-6-2-7-13-17)18-14-8-3-9-15-18;1-4(2)3/h1-15H;1-3H. The normalized spacial score (nSPS) is 9.91. The number of nitrogens with zero attached hydrogens (tertiary/aromatic N) is 1. The fraction of sp³-hybridized carbons (Fsp3) is 0. The lowest BCUT2D eigenvalue weighted by atomic mass is 10.2. The van der Waals surface area contributed by atoms with E-state index in [0.29, 0.717) is 0 Å². The predicted octanol–water partition coefficient (Wildman–Crippen LogP) is 4.35. The molecule has 4 nitrogen and oxygen atoms in total. The van der Waals surface area contributed by atoms with Crippen molar-refractivity contribution < 1.29 is 14.7 Å². The molecule has 0 fully saturated rings. The maximum Gasteiger partial charge on any atom is 0.324 e. The average molecular weight is 327 g/mol. The van der Waals surface area contributed by atoms with E-state index in [-0.39, 0.29) is 0 Å². The van der Waals surface area contributed by atoms with Crippen LogP contribution in [0.5, 0.6) is 0 Å². The van der Waals surface area contributed by atoms with Crippen molar-refractivity contribution in [1.29, 1.82) is 0 Å². The molecule has 0 aliphatic rings. The summed E-state index contributed by atoms with van der Waals surface area (Å²) in [6, 6.07) is 31.3. The van der Waals surface area contributed by atoms with Crippen LogP contribution in [-0.2, 0) is 0 Å². The highest BCUT2D eigenvalue weighted by atomic mass is 31.2. The van der Waals surface area contributed by atoms with Crippen molar-refractivity contribution in [3.63, 3.8) is 0 Å². The van der Waals surface area contributed by atoms with Gasteiger partial charge in [-0.25, -0.2) is 0 Å². The average Bonchev–Trinajstić information content (AvgIpc) is 2.58. The summed E-state index contributed by atoms with van der Waals surface area (Å²) in [5.74, 6) is 0. The van der Waals surface area contributed by atoms with E-state index in [1.54, 1.807) is 0 Å².